The molecule has 1 saturated carbocycles. The van der Waals surface area contributed by atoms with Crippen molar-refractivity contribution in [3.05, 3.63) is 47.0 Å². The molecule has 0 spiro atoms. The highest BCUT2D eigenvalue weighted by atomic mass is 35.5. The van der Waals surface area contributed by atoms with E-state index < -0.39 is 5.97 Å². The molecule has 1 fully saturated rings. The van der Waals surface area contributed by atoms with E-state index >= 15 is 0 Å². The minimum atomic E-state index is -0.758. The molecule has 2 atom stereocenters. The van der Waals surface area contributed by atoms with Gasteiger partial charge in [0.05, 0.1) is 0 Å². The Labute approximate surface area is 159 Å². The topological polar surface area (TPSA) is 71.4 Å². The fraction of sp³-hybridized carbons (Fsp3) is 0.476. The summed E-state index contributed by atoms with van der Waals surface area (Å²) in [6.07, 6.45) is 9.29. The lowest BCUT2D eigenvalue weighted by Crippen LogP contribution is -2.13. The van der Waals surface area contributed by atoms with Crippen molar-refractivity contribution in [2.45, 2.75) is 51.4 Å². The molecule has 0 bridgehead atoms. The number of Topliss-reactive ketones (excluding diaryl/α,β-unsaturated/α-hetero) is 1. The highest BCUT2D eigenvalue weighted by Crippen LogP contribution is 2.34. The lowest BCUT2D eigenvalue weighted by Gasteiger charge is -2.14. The van der Waals surface area contributed by atoms with Gasteiger partial charge in [0.2, 0.25) is 0 Å². The smallest absolute Gasteiger partial charge is 0.303 e. The number of hydrogen-bond acceptors (Lipinski definition) is 3. The quantitative estimate of drug-likeness (QED) is 0.350. The van der Waals surface area contributed by atoms with Gasteiger partial charge in [-0.25, -0.2) is 0 Å². The standard InChI is InChI=1S/C21H25ClO4/c22-17-11-7-16(8-12-17)19(23)13-9-15-10-14-20(24)18(15)5-3-1-2-4-6-21(25)26/h7-9,11-13,15,18H,1-6,10,14H2,(H,25,26)/t15-,18+/m1/s1. The Hall–Kier alpha value is -1.94. The van der Waals surface area contributed by atoms with Crippen molar-refractivity contribution in [1.82, 2.24) is 0 Å². The van der Waals surface area contributed by atoms with Crippen molar-refractivity contribution >= 4 is 29.1 Å². The Bertz CT molecular complexity index is 663. The SMILES string of the molecule is O=C(O)CCCCCC[C@@H]1C(=O)CC[C@H]1C=CC(=O)c1ccc(Cl)cc1. The largest absolute Gasteiger partial charge is 0.481 e. The molecule has 0 aromatic heterocycles. The number of carbonyl (C=O) groups excluding carboxylic acids is 2. The van der Waals surface area contributed by atoms with Crippen LogP contribution in [0.1, 0.15) is 61.7 Å². The average molecular weight is 377 g/mol. The second-order valence-electron chi connectivity index (χ2n) is 6.85. The average Bonchev–Trinajstić information content (AvgIpc) is 2.96. The summed E-state index contributed by atoms with van der Waals surface area (Å²) in [5.41, 5.74) is 0.588. The summed E-state index contributed by atoms with van der Waals surface area (Å²) in [7, 11) is 0. The number of aliphatic carboxylic acids is 1. The maximum atomic E-state index is 12.2. The fourth-order valence-electron chi connectivity index (χ4n) is 3.46. The number of benzene rings is 1. The van der Waals surface area contributed by atoms with Gasteiger partial charge in [-0.15, -0.1) is 0 Å². The number of carboxylic acids is 1. The Balaban J connectivity index is 1.81. The van der Waals surface area contributed by atoms with Gasteiger partial charge in [0.25, 0.3) is 0 Å². The minimum Gasteiger partial charge on any atom is -0.481 e. The number of halogens is 1. The lowest BCUT2D eigenvalue weighted by atomic mass is 9.89. The van der Waals surface area contributed by atoms with E-state index in [2.05, 4.69) is 0 Å². The van der Waals surface area contributed by atoms with Crippen molar-refractivity contribution in [2.75, 3.05) is 0 Å². The predicted octanol–water partition coefficient (Wildman–Crippen LogP) is 5.10. The number of carbonyl (C=O) groups is 3. The number of hydrogen-bond donors (Lipinski definition) is 1. The van der Waals surface area contributed by atoms with Crippen molar-refractivity contribution in [3.8, 4) is 0 Å². The van der Waals surface area contributed by atoms with E-state index in [1.165, 1.54) is 0 Å². The zero-order valence-corrected chi connectivity index (χ0v) is 15.6. The van der Waals surface area contributed by atoms with Gasteiger partial charge in [-0.05, 0) is 55.5 Å². The normalized spacial score (nSPS) is 20.0. The van der Waals surface area contributed by atoms with Gasteiger partial charge in [0.1, 0.15) is 5.78 Å². The molecule has 26 heavy (non-hydrogen) atoms. The fourth-order valence-corrected chi connectivity index (χ4v) is 3.58. The van der Waals surface area contributed by atoms with E-state index in [-0.39, 0.29) is 29.8 Å². The predicted molar refractivity (Wildman–Crippen MR) is 101 cm³/mol. The van der Waals surface area contributed by atoms with Crippen LogP contribution in [0.25, 0.3) is 0 Å². The Morgan fingerprint density at radius 3 is 2.50 bits per heavy atom. The van der Waals surface area contributed by atoms with Crippen LogP contribution < -0.4 is 0 Å². The van der Waals surface area contributed by atoms with Crippen LogP contribution in [-0.4, -0.2) is 22.6 Å². The van der Waals surface area contributed by atoms with Gasteiger partial charge in [-0.3, -0.25) is 14.4 Å². The molecule has 1 aromatic rings. The first-order valence-electron chi connectivity index (χ1n) is 9.20. The summed E-state index contributed by atoms with van der Waals surface area (Å²) in [5.74, 6) is -0.439. The molecule has 1 aliphatic carbocycles. The molecule has 0 heterocycles. The van der Waals surface area contributed by atoms with Crippen LogP contribution in [0.2, 0.25) is 5.02 Å². The van der Waals surface area contributed by atoms with E-state index in [0.29, 0.717) is 23.4 Å². The van der Waals surface area contributed by atoms with Crippen molar-refractivity contribution < 1.29 is 19.5 Å². The van der Waals surface area contributed by atoms with E-state index in [1.807, 2.05) is 6.08 Å². The number of rotatable bonds is 10. The molecule has 0 amide bonds. The minimum absolute atomic E-state index is 0.0104. The van der Waals surface area contributed by atoms with Crippen molar-refractivity contribution in [1.29, 1.82) is 0 Å². The summed E-state index contributed by atoms with van der Waals surface area (Å²) in [6.45, 7) is 0. The molecule has 2 rings (SSSR count). The van der Waals surface area contributed by atoms with Crippen LogP contribution in [-0.2, 0) is 9.59 Å². The number of ketones is 2. The van der Waals surface area contributed by atoms with Crippen LogP contribution in [0.5, 0.6) is 0 Å². The lowest BCUT2D eigenvalue weighted by molar-refractivity contribution is -0.137. The van der Waals surface area contributed by atoms with Crippen LogP contribution >= 0.6 is 11.6 Å². The van der Waals surface area contributed by atoms with Crippen molar-refractivity contribution in [2.24, 2.45) is 11.8 Å². The van der Waals surface area contributed by atoms with E-state index in [1.54, 1.807) is 30.3 Å². The molecule has 0 unspecified atom stereocenters. The molecule has 5 heteroatoms. The second kappa shape index (κ2) is 10.3. The highest BCUT2D eigenvalue weighted by Gasteiger charge is 2.32. The van der Waals surface area contributed by atoms with E-state index in [0.717, 1.165) is 32.1 Å². The molecule has 0 radical (unpaired) electrons. The molecular weight excluding hydrogens is 352 g/mol. The first-order valence-corrected chi connectivity index (χ1v) is 9.58. The van der Waals surface area contributed by atoms with E-state index in [4.69, 9.17) is 16.7 Å². The number of unbranched alkanes of at least 4 members (excludes halogenated alkanes) is 3. The third kappa shape index (κ3) is 6.41. The van der Waals surface area contributed by atoms with Gasteiger partial charge < -0.3 is 5.11 Å². The maximum Gasteiger partial charge on any atom is 0.303 e. The Morgan fingerprint density at radius 2 is 1.81 bits per heavy atom. The molecule has 0 saturated heterocycles. The molecule has 1 aromatic carbocycles. The zero-order valence-electron chi connectivity index (χ0n) is 14.8. The van der Waals surface area contributed by atoms with Gasteiger partial charge in [-0.1, -0.05) is 36.9 Å². The van der Waals surface area contributed by atoms with Gasteiger partial charge >= 0.3 is 5.97 Å². The maximum absolute atomic E-state index is 12.2. The first-order chi connectivity index (χ1) is 12.5. The summed E-state index contributed by atoms with van der Waals surface area (Å²) < 4.78 is 0. The summed E-state index contributed by atoms with van der Waals surface area (Å²) >= 11 is 5.83. The van der Waals surface area contributed by atoms with Crippen molar-refractivity contribution in [3.63, 3.8) is 0 Å². The molecule has 0 aliphatic heterocycles. The van der Waals surface area contributed by atoms with Crippen LogP contribution in [0.4, 0.5) is 0 Å². The summed E-state index contributed by atoms with van der Waals surface area (Å²) in [6, 6.07) is 6.77. The molecular formula is C21H25ClO4. The summed E-state index contributed by atoms with van der Waals surface area (Å²) in [4.78, 5) is 34.8. The molecule has 140 valence electrons. The van der Waals surface area contributed by atoms with E-state index in [9.17, 15) is 14.4 Å². The Kier molecular flexibility index (Phi) is 8.05. The molecule has 4 nitrogen and oxygen atoms in total. The number of carboxylic acid groups (broad SMARTS) is 1. The zero-order chi connectivity index (χ0) is 18.9. The first kappa shape index (κ1) is 20.4. The van der Waals surface area contributed by atoms with Gasteiger partial charge in [-0.2, -0.15) is 0 Å². The third-order valence-electron chi connectivity index (χ3n) is 4.93. The van der Waals surface area contributed by atoms with Crippen LogP contribution in [0.15, 0.2) is 36.4 Å². The molecule has 1 N–H and O–H groups in total. The van der Waals surface area contributed by atoms with Gasteiger partial charge in [0.15, 0.2) is 5.78 Å². The second-order valence-corrected chi connectivity index (χ2v) is 7.29. The third-order valence-corrected chi connectivity index (χ3v) is 5.19. The number of allylic oxidation sites excluding steroid dienone is 2. The summed E-state index contributed by atoms with van der Waals surface area (Å²) in [5, 5.41) is 9.22. The highest BCUT2D eigenvalue weighted by molar-refractivity contribution is 6.30. The van der Waals surface area contributed by atoms with Crippen LogP contribution in [0, 0.1) is 11.8 Å². The van der Waals surface area contributed by atoms with Gasteiger partial charge in [0, 0.05) is 29.3 Å². The van der Waals surface area contributed by atoms with Crippen LogP contribution in [0.3, 0.4) is 0 Å². The monoisotopic (exact) mass is 376 g/mol. The Morgan fingerprint density at radius 1 is 1.12 bits per heavy atom. The molecule has 1 aliphatic rings.